The summed E-state index contributed by atoms with van der Waals surface area (Å²) >= 11 is 0. The fraction of sp³-hybridized carbons (Fsp3) is 0.200. The summed E-state index contributed by atoms with van der Waals surface area (Å²) in [5, 5.41) is 0. The van der Waals surface area contributed by atoms with E-state index < -0.39 is 10.0 Å². The van der Waals surface area contributed by atoms with Crippen LogP contribution < -0.4 is 9.04 Å². The maximum Gasteiger partial charge on any atom is 0.235 e. The molecule has 2 aromatic carbocycles. The highest BCUT2D eigenvalue weighted by Crippen LogP contribution is 2.29. The van der Waals surface area contributed by atoms with E-state index >= 15 is 0 Å². The smallest absolute Gasteiger partial charge is 0.235 e. The van der Waals surface area contributed by atoms with Crippen molar-refractivity contribution in [3.8, 4) is 11.5 Å². The fourth-order valence-electron chi connectivity index (χ4n) is 2.26. The van der Waals surface area contributed by atoms with Gasteiger partial charge in [-0.3, -0.25) is 4.31 Å². The van der Waals surface area contributed by atoms with Crippen LogP contribution in [-0.4, -0.2) is 20.7 Å². The Hall–Kier alpha value is -2.01. The van der Waals surface area contributed by atoms with Crippen molar-refractivity contribution < 1.29 is 13.2 Å². The molecule has 0 bridgehead atoms. The number of hydrogen-bond donors (Lipinski definition) is 0. The van der Waals surface area contributed by atoms with Crippen LogP contribution in [0.25, 0.3) is 0 Å². The summed E-state index contributed by atoms with van der Waals surface area (Å²) in [5.41, 5.74) is 0.663. The van der Waals surface area contributed by atoms with Gasteiger partial charge in [-0.1, -0.05) is 24.3 Å². The predicted molar refractivity (Wildman–Crippen MR) is 78.7 cm³/mol. The first-order valence-corrected chi connectivity index (χ1v) is 8.09. The van der Waals surface area contributed by atoms with Crippen LogP contribution in [0.3, 0.4) is 0 Å². The minimum atomic E-state index is -3.15. The molecule has 1 aliphatic rings. The molecule has 0 N–H and O–H groups in total. The van der Waals surface area contributed by atoms with E-state index in [0.29, 0.717) is 24.4 Å². The largest absolute Gasteiger partial charge is 0.457 e. The Balaban J connectivity index is 1.87. The topological polar surface area (TPSA) is 46.6 Å². The summed E-state index contributed by atoms with van der Waals surface area (Å²) in [6.07, 6.45) is 0.673. The minimum absolute atomic E-state index is 0.219. The molecule has 0 atom stereocenters. The van der Waals surface area contributed by atoms with Gasteiger partial charge >= 0.3 is 0 Å². The van der Waals surface area contributed by atoms with Crippen LogP contribution in [0.4, 0.5) is 5.69 Å². The molecule has 0 saturated carbocycles. The maximum atomic E-state index is 11.9. The molecule has 0 spiro atoms. The molecule has 3 rings (SSSR count). The van der Waals surface area contributed by atoms with Crippen molar-refractivity contribution in [2.45, 2.75) is 6.42 Å². The zero-order chi connectivity index (χ0) is 14.0. The van der Waals surface area contributed by atoms with Crippen LogP contribution in [0.5, 0.6) is 11.5 Å². The third-order valence-electron chi connectivity index (χ3n) is 3.18. The Bertz CT molecular complexity index is 698. The predicted octanol–water partition coefficient (Wildman–Crippen LogP) is 3.02. The molecule has 1 heterocycles. The molecule has 104 valence electrons. The summed E-state index contributed by atoms with van der Waals surface area (Å²) < 4.78 is 31.0. The third kappa shape index (κ3) is 2.63. The molecule has 0 amide bonds. The molecule has 0 aromatic heterocycles. The van der Waals surface area contributed by atoms with Crippen molar-refractivity contribution in [2.24, 2.45) is 0 Å². The molecular formula is C15H15NO3S. The fourth-order valence-corrected chi connectivity index (χ4v) is 3.81. The SMILES string of the molecule is O=S1(=O)CCCN1c1cccc(Oc2ccccc2)c1. The highest BCUT2D eigenvalue weighted by molar-refractivity contribution is 7.93. The van der Waals surface area contributed by atoms with Gasteiger partial charge in [-0.2, -0.15) is 0 Å². The molecule has 0 radical (unpaired) electrons. The summed E-state index contributed by atoms with van der Waals surface area (Å²) in [5.74, 6) is 1.58. The Kier molecular flexibility index (Phi) is 3.36. The minimum Gasteiger partial charge on any atom is -0.457 e. The van der Waals surface area contributed by atoms with Crippen molar-refractivity contribution in [1.82, 2.24) is 0 Å². The van der Waals surface area contributed by atoms with Gasteiger partial charge in [0.1, 0.15) is 11.5 Å². The lowest BCUT2D eigenvalue weighted by molar-refractivity contribution is 0.483. The van der Waals surface area contributed by atoms with E-state index in [9.17, 15) is 8.42 Å². The number of ether oxygens (including phenoxy) is 1. The number of rotatable bonds is 3. The molecule has 1 aliphatic heterocycles. The standard InChI is InChI=1S/C15H15NO3S/c17-20(18)11-5-10-16(20)13-6-4-9-15(12-13)19-14-7-2-1-3-8-14/h1-4,6-9,12H,5,10-11H2. The average molecular weight is 289 g/mol. The van der Waals surface area contributed by atoms with E-state index in [1.807, 2.05) is 36.4 Å². The van der Waals surface area contributed by atoms with Gasteiger partial charge in [0.2, 0.25) is 10.0 Å². The normalized spacial score (nSPS) is 17.1. The van der Waals surface area contributed by atoms with Gasteiger partial charge in [-0.05, 0) is 30.7 Å². The monoisotopic (exact) mass is 289 g/mol. The Labute approximate surface area is 118 Å². The van der Waals surface area contributed by atoms with Gasteiger partial charge < -0.3 is 4.74 Å². The van der Waals surface area contributed by atoms with E-state index in [1.165, 1.54) is 4.31 Å². The lowest BCUT2D eigenvalue weighted by atomic mass is 10.3. The number of para-hydroxylation sites is 1. The molecule has 2 aromatic rings. The molecular weight excluding hydrogens is 274 g/mol. The van der Waals surface area contributed by atoms with E-state index in [1.54, 1.807) is 18.2 Å². The second-order valence-corrected chi connectivity index (χ2v) is 6.67. The van der Waals surface area contributed by atoms with Crippen LogP contribution in [0.1, 0.15) is 6.42 Å². The van der Waals surface area contributed by atoms with Crippen molar-refractivity contribution in [3.63, 3.8) is 0 Å². The molecule has 0 unspecified atom stereocenters. The summed E-state index contributed by atoms with van der Waals surface area (Å²) in [6.45, 7) is 0.539. The maximum absolute atomic E-state index is 11.9. The van der Waals surface area contributed by atoms with Crippen LogP contribution >= 0.6 is 0 Å². The second-order valence-electron chi connectivity index (χ2n) is 4.65. The van der Waals surface area contributed by atoms with E-state index in [0.717, 1.165) is 5.75 Å². The van der Waals surface area contributed by atoms with Crippen molar-refractivity contribution >= 4 is 15.7 Å². The highest BCUT2D eigenvalue weighted by Gasteiger charge is 2.28. The van der Waals surface area contributed by atoms with Crippen molar-refractivity contribution in [3.05, 3.63) is 54.6 Å². The molecule has 1 saturated heterocycles. The van der Waals surface area contributed by atoms with Crippen LogP contribution in [0.2, 0.25) is 0 Å². The zero-order valence-corrected chi connectivity index (χ0v) is 11.7. The Morgan fingerprint density at radius 3 is 2.40 bits per heavy atom. The third-order valence-corrected chi connectivity index (χ3v) is 5.05. The number of benzene rings is 2. The molecule has 4 nitrogen and oxygen atoms in total. The summed E-state index contributed by atoms with van der Waals surface area (Å²) in [6, 6.07) is 16.6. The van der Waals surface area contributed by atoms with Crippen molar-refractivity contribution in [2.75, 3.05) is 16.6 Å². The van der Waals surface area contributed by atoms with Gasteiger partial charge in [0.05, 0.1) is 11.4 Å². The van der Waals surface area contributed by atoms with E-state index in [2.05, 4.69) is 0 Å². The molecule has 1 fully saturated rings. The zero-order valence-electron chi connectivity index (χ0n) is 10.9. The molecule has 5 heteroatoms. The van der Waals surface area contributed by atoms with Crippen LogP contribution in [0, 0.1) is 0 Å². The number of sulfonamides is 1. The first-order chi connectivity index (χ1) is 9.65. The number of anilines is 1. The van der Waals surface area contributed by atoms with Gasteiger partial charge in [0.25, 0.3) is 0 Å². The Morgan fingerprint density at radius 1 is 0.950 bits per heavy atom. The first-order valence-electron chi connectivity index (χ1n) is 6.48. The second kappa shape index (κ2) is 5.17. The summed E-state index contributed by atoms with van der Waals surface area (Å²) in [4.78, 5) is 0. The van der Waals surface area contributed by atoms with E-state index in [4.69, 9.17) is 4.74 Å². The van der Waals surface area contributed by atoms with E-state index in [-0.39, 0.29) is 5.75 Å². The summed E-state index contributed by atoms with van der Waals surface area (Å²) in [7, 11) is -3.15. The molecule has 0 aliphatic carbocycles. The van der Waals surface area contributed by atoms with Crippen LogP contribution in [-0.2, 0) is 10.0 Å². The number of hydrogen-bond acceptors (Lipinski definition) is 3. The quantitative estimate of drug-likeness (QED) is 0.872. The van der Waals surface area contributed by atoms with Gasteiger partial charge in [-0.25, -0.2) is 8.42 Å². The first kappa shape index (κ1) is 13.0. The lowest BCUT2D eigenvalue weighted by Crippen LogP contribution is -2.24. The van der Waals surface area contributed by atoms with Crippen LogP contribution in [0.15, 0.2) is 54.6 Å². The molecule has 20 heavy (non-hydrogen) atoms. The van der Waals surface area contributed by atoms with Gasteiger partial charge in [-0.15, -0.1) is 0 Å². The van der Waals surface area contributed by atoms with Gasteiger partial charge in [0.15, 0.2) is 0 Å². The lowest BCUT2D eigenvalue weighted by Gasteiger charge is -2.17. The average Bonchev–Trinajstić information content (AvgIpc) is 2.80. The highest BCUT2D eigenvalue weighted by atomic mass is 32.2. The number of nitrogens with zero attached hydrogens (tertiary/aromatic N) is 1. The van der Waals surface area contributed by atoms with Crippen molar-refractivity contribution in [1.29, 1.82) is 0 Å². The van der Waals surface area contributed by atoms with Gasteiger partial charge in [0, 0.05) is 12.6 Å². The Morgan fingerprint density at radius 2 is 1.70 bits per heavy atom.